The van der Waals surface area contributed by atoms with Gasteiger partial charge in [0.25, 0.3) is 0 Å². The number of carbonyl (C=O) groups excluding carboxylic acids is 1. The van der Waals surface area contributed by atoms with E-state index in [-0.39, 0.29) is 16.3 Å². The van der Waals surface area contributed by atoms with Crippen LogP contribution < -0.4 is 0 Å². The Balaban J connectivity index is 1.47. The van der Waals surface area contributed by atoms with Gasteiger partial charge in [-0.1, -0.05) is 103 Å². The standard InChI is InChI=1S/C32H26ClF3N4O7S/c1-20(41)45-26-24(17-44-31(21-11-5-2-6-12-21,22-13-7-3-8-14-22)23-15-9-4-10-16-23)46-30(27(26)47-48(42,43)32(34,35)36)40-19-39-25-28(33)37-18-38-29(25)40/h2-16,18-19,24,26-27,30H,17H2,1H3/t24-,26-,27-,30-/m1/s1. The maximum absolute atomic E-state index is 13.7. The Kier molecular flexibility index (Phi) is 9.24. The third-order valence-electron chi connectivity index (χ3n) is 7.70. The Labute approximate surface area is 277 Å². The van der Waals surface area contributed by atoms with Crippen molar-refractivity contribution in [2.24, 2.45) is 0 Å². The minimum absolute atomic E-state index is 0.00615. The summed E-state index contributed by atoms with van der Waals surface area (Å²) in [6, 6.07) is 27.6. The van der Waals surface area contributed by atoms with Crippen LogP contribution in [0.1, 0.15) is 29.8 Å². The molecule has 6 rings (SSSR count). The molecule has 0 spiro atoms. The predicted molar refractivity (Wildman–Crippen MR) is 165 cm³/mol. The zero-order valence-electron chi connectivity index (χ0n) is 24.9. The molecule has 0 aliphatic carbocycles. The number of alkyl halides is 3. The third-order valence-corrected chi connectivity index (χ3v) is 9.02. The molecule has 250 valence electrons. The van der Waals surface area contributed by atoms with Gasteiger partial charge in [-0.3, -0.25) is 13.5 Å². The average Bonchev–Trinajstić information content (AvgIpc) is 3.64. The Morgan fingerprint density at radius 3 is 1.92 bits per heavy atom. The minimum atomic E-state index is -6.24. The highest BCUT2D eigenvalue weighted by Crippen LogP contribution is 2.43. The van der Waals surface area contributed by atoms with E-state index in [1.807, 2.05) is 91.0 Å². The molecule has 3 heterocycles. The molecule has 1 fully saturated rings. The number of hydrogen-bond donors (Lipinski definition) is 0. The first-order valence-electron chi connectivity index (χ1n) is 14.4. The lowest BCUT2D eigenvalue weighted by Crippen LogP contribution is -2.44. The highest BCUT2D eigenvalue weighted by atomic mass is 35.5. The van der Waals surface area contributed by atoms with Crippen LogP contribution in [0.3, 0.4) is 0 Å². The van der Waals surface area contributed by atoms with Gasteiger partial charge in [0, 0.05) is 6.92 Å². The summed E-state index contributed by atoms with van der Waals surface area (Å²) in [7, 11) is -6.24. The van der Waals surface area contributed by atoms with E-state index >= 15 is 0 Å². The summed E-state index contributed by atoms with van der Waals surface area (Å²) in [5, 5.41) is -0.0769. The molecule has 0 amide bonds. The van der Waals surface area contributed by atoms with Gasteiger partial charge in [-0.2, -0.15) is 21.6 Å². The van der Waals surface area contributed by atoms with Gasteiger partial charge in [-0.15, -0.1) is 0 Å². The molecule has 0 N–H and O–H groups in total. The van der Waals surface area contributed by atoms with Gasteiger partial charge in [0.05, 0.1) is 12.9 Å². The minimum Gasteiger partial charge on any atom is -0.457 e. The topological polar surface area (TPSA) is 132 Å². The van der Waals surface area contributed by atoms with Crippen LogP contribution >= 0.6 is 11.6 Å². The van der Waals surface area contributed by atoms with Crippen molar-refractivity contribution in [1.29, 1.82) is 0 Å². The summed E-state index contributed by atoms with van der Waals surface area (Å²) in [5.74, 6) is -0.937. The molecule has 1 aliphatic rings. The van der Waals surface area contributed by atoms with Gasteiger partial charge >= 0.3 is 21.6 Å². The highest BCUT2D eigenvalue weighted by molar-refractivity contribution is 7.87. The van der Waals surface area contributed by atoms with E-state index in [0.29, 0.717) is 16.7 Å². The fourth-order valence-corrected chi connectivity index (χ4v) is 6.47. The number of aromatic nitrogens is 4. The molecule has 1 saturated heterocycles. The van der Waals surface area contributed by atoms with Gasteiger partial charge in [0.2, 0.25) is 0 Å². The van der Waals surface area contributed by atoms with Crippen LogP contribution in [0.25, 0.3) is 11.2 Å². The zero-order valence-corrected chi connectivity index (χ0v) is 26.5. The molecule has 0 unspecified atom stereocenters. The van der Waals surface area contributed by atoms with E-state index in [4.69, 9.17) is 30.0 Å². The molecule has 5 aromatic rings. The number of nitrogens with zero attached hydrogens (tertiary/aromatic N) is 4. The summed E-state index contributed by atoms with van der Waals surface area (Å²) in [6.45, 7) is 0.587. The molecule has 0 radical (unpaired) electrons. The van der Waals surface area contributed by atoms with Crippen molar-refractivity contribution in [2.45, 2.75) is 42.6 Å². The van der Waals surface area contributed by atoms with Gasteiger partial charge < -0.3 is 14.2 Å². The largest absolute Gasteiger partial charge is 0.523 e. The molecule has 4 atom stereocenters. The Hall–Kier alpha value is -4.41. The van der Waals surface area contributed by atoms with E-state index in [1.54, 1.807) is 0 Å². The Bertz CT molecular complexity index is 1910. The second-order valence-corrected chi connectivity index (χ2v) is 12.6. The normalized spacial score (nSPS) is 20.2. The number of ether oxygens (including phenoxy) is 3. The Morgan fingerprint density at radius 2 is 1.42 bits per heavy atom. The van der Waals surface area contributed by atoms with Crippen molar-refractivity contribution in [1.82, 2.24) is 19.5 Å². The number of carbonyl (C=O) groups is 1. The molecular formula is C32H26ClF3N4O7S. The predicted octanol–water partition coefficient (Wildman–Crippen LogP) is 5.55. The lowest BCUT2D eigenvalue weighted by atomic mass is 9.80. The molecular weight excluding hydrogens is 677 g/mol. The molecule has 1 aliphatic heterocycles. The van der Waals surface area contributed by atoms with Crippen molar-refractivity contribution in [3.8, 4) is 0 Å². The van der Waals surface area contributed by atoms with E-state index in [2.05, 4.69) is 15.0 Å². The SMILES string of the molecule is CC(=O)O[C@H]1[C@@H](OS(=O)(=O)C(F)(F)F)[C@H](n2cnc3c(Cl)ncnc32)O[C@@H]1COC(c1ccccc1)(c1ccccc1)c1ccccc1. The number of esters is 1. The van der Waals surface area contributed by atoms with Crippen LogP contribution in [0.15, 0.2) is 104 Å². The maximum atomic E-state index is 13.7. The van der Waals surface area contributed by atoms with Crippen molar-refractivity contribution in [3.63, 3.8) is 0 Å². The van der Waals surface area contributed by atoms with E-state index < -0.39 is 58.3 Å². The van der Waals surface area contributed by atoms with Gasteiger partial charge in [0.1, 0.15) is 23.5 Å². The first kappa shape index (κ1) is 33.5. The highest BCUT2D eigenvalue weighted by Gasteiger charge is 2.57. The fraction of sp³-hybridized carbons (Fsp3) is 0.250. The molecule has 48 heavy (non-hydrogen) atoms. The maximum Gasteiger partial charge on any atom is 0.523 e. The van der Waals surface area contributed by atoms with Crippen molar-refractivity contribution < 1.29 is 44.8 Å². The molecule has 11 nitrogen and oxygen atoms in total. The summed E-state index contributed by atoms with van der Waals surface area (Å²) in [5.41, 5.74) is -4.99. The molecule has 0 saturated carbocycles. The second kappa shape index (κ2) is 13.2. The number of hydrogen-bond acceptors (Lipinski definition) is 10. The number of fused-ring (bicyclic) bond motifs is 1. The molecule has 0 bridgehead atoms. The van der Waals surface area contributed by atoms with Gasteiger partial charge in [0.15, 0.2) is 29.2 Å². The monoisotopic (exact) mass is 702 g/mol. The van der Waals surface area contributed by atoms with Crippen molar-refractivity contribution >= 4 is 38.9 Å². The fourth-order valence-electron chi connectivity index (χ4n) is 5.69. The molecule has 2 aromatic heterocycles. The third kappa shape index (κ3) is 6.26. The number of imidazole rings is 1. The first-order chi connectivity index (χ1) is 22.9. The van der Waals surface area contributed by atoms with Crippen LogP contribution in [0.2, 0.25) is 5.15 Å². The van der Waals surface area contributed by atoms with Crippen LogP contribution in [0, 0.1) is 0 Å². The summed E-state index contributed by atoms with van der Waals surface area (Å²) < 4.78 is 90.2. The number of halogens is 4. The average molecular weight is 703 g/mol. The smallest absolute Gasteiger partial charge is 0.457 e. The Morgan fingerprint density at radius 1 is 0.875 bits per heavy atom. The second-order valence-electron chi connectivity index (χ2n) is 10.7. The first-order valence-corrected chi connectivity index (χ1v) is 16.2. The van der Waals surface area contributed by atoms with Crippen molar-refractivity contribution in [2.75, 3.05) is 6.61 Å². The lowest BCUT2D eigenvalue weighted by Gasteiger charge is -2.37. The lowest BCUT2D eigenvalue weighted by molar-refractivity contribution is -0.155. The number of benzene rings is 3. The van der Waals surface area contributed by atoms with E-state index in [0.717, 1.165) is 24.1 Å². The van der Waals surface area contributed by atoms with Crippen LogP contribution in [-0.2, 0) is 38.9 Å². The zero-order chi connectivity index (χ0) is 34.1. The molecule has 3 aromatic carbocycles. The van der Waals surface area contributed by atoms with Crippen LogP contribution in [0.4, 0.5) is 13.2 Å². The number of rotatable bonds is 10. The van der Waals surface area contributed by atoms with Gasteiger partial charge in [-0.25, -0.2) is 15.0 Å². The van der Waals surface area contributed by atoms with E-state index in [1.165, 1.54) is 0 Å². The van der Waals surface area contributed by atoms with Crippen LogP contribution in [-0.4, -0.2) is 64.3 Å². The van der Waals surface area contributed by atoms with Crippen LogP contribution in [0.5, 0.6) is 0 Å². The van der Waals surface area contributed by atoms with E-state index in [9.17, 15) is 26.4 Å². The summed E-state index contributed by atoms with van der Waals surface area (Å²) in [4.78, 5) is 24.4. The summed E-state index contributed by atoms with van der Waals surface area (Å²) in [6.07, 6.45) is -4.63. The molecule has 16 heteroatoms. The van der Waals surface area contributed by atoms with Gasteiger partial charge in [-0.05, 0) is 16.7 Å². The van der Waals surface area contributed by atoms with Crippen molar-refractivity contribution in [3.05, 3.63) is 125 Å². The summed E-state index contributed by atoms with van der Waals surface area (Å²) >= 11 is 6.15. The quantitative estimate of drug-likeness (QED) is 0.0600.